The molecule has 3 unspecified atom stereocenters. The lowest BCUT2D eigenvalue weighted by molar-refractivity contribution is 0.164. The third-order valence-electron chi connectivity index (χ3n) is 6.42. The van der Waals surface area contributed by atoms with Gasteiger partial charge in [-0.05, 0) is 41.4 Å². The van der Waals surface area contributed by atoms with Gasteiger partial charge in [-0.3, -0.25) is 0 Å². The Labute approximate surface area is 114 Å². The first kappa shape index (κ1) is 14.4. The van der Waals surface area contributed by atoms with E-state index in [4.69, 9.17) is 0 Å². The standard InChI is InChI=1S/C17H33N/c1-11(2)13-9-8-12(3)10-14(13)18-15-16(4,5)17(15,6)7/h11-15,18H,8-10H2,1-7H3. The molecule has 106 valence electrons. The van der Waals surface area contributed by atoms with Crippen molar-refractivity contribution in [2.75, 3.05) is 0 Å². The molecule has 0 saturated heterocycles. The molecule has 18 heavy (non-hydrogen) atoms. The van der Waals surface area contributed by atoms with Crippen LogP contribution in [-0.4, -0.2) is 12.1 Å². The molecule has 0 aromatic heterocycles. The van der Waals surface area contributed by atoms with Gasteiger partial charge in [-0.15, -0.1) is 0 Å². The molecule has 2 rings (SSSR count). The Morgan fingerprint density at radius 2 is 1.56 bits per heavy atom. The molecule has 0 aromatic rings. The molecular weight excluding hydrogens is 218 g/mol. The second kappa shape index (κ2) is 4.51. The molecule has 0 amide bonds. The van der Waals surface area contributed by atoms with Gasteiger partial charge in [-0.1, -0.05) is 54.9 Å². The highest BCUT2D eigenvalue weighted by molar-refractivity contribution is 5.18. The van der Waals surface area contributed by atoms with Gasteiger partial charge in [0.05, 0.1) is 0 Å². The summed E-state index contributed by atoms with van der Waals surface area (Å²) in [5.74, 6) is 2.61. The summed E-state index contributed by atoms with van der Waals surface area (Å²) in [6.45, 7) is 16.9. The molecule has 3 atom stereocenters. The van der Waals surface area contributed by atoms with Crippen molar-refractivity contribution in [3.05, 3.63) is 0 Å². The van der Waals surface area contributed by atoms with Gasteiger partial charge in [0.25, 0.3) is 0 Å². The third kappa shape index (κ3) is 2.24. The van der Waals surface area contributed by atoms with Crippen molar-refractivity contribution in [3.8, 4) is 0 Å². The van der Waals surface area contributed by atoms with Crippen LogP contribution in [0.15, 0.2) is 0 Å². The van der Waals surface area contributed by atoms with Crippen molar-refractivity contribution < 1.29 is 0 Å². The van der Waals surface area contributed by atoms with Crippen LogP contribution in [0.4, 0.5) is 0 Å². The SMILES string of the molecule is CC1CCC(C(C)C)C(NC2C(C)(C)C2(C)C)C1. The molecular formula is C17H33N. The zero-order valence-corrected chi connectivity index (χ0v) is 13.5. The highest BCUT2D eigenvalue weighted by Gasteiger charge is 2.65. The van der Waals surface area contributed by atoms with Gasteiger partial charge in [0.15, 0.2) is 0 Å². The summed E-state index contributed by atoms with van der Waals surface area (Å²) in [5, 5.41) is 4.04. The van der Waals surface area contributed by atoms with Crippen LogP contribution in [-0.2, 0) is 0 Å². The maximum atomic E-state index is 4.04. The predicted octanol–water partition coefficient (Wildman–Crippen LogP) is 4.47. The van der Waals surface area contributed by atoms with E-state index < -0.39 is 0 Å². The Morgan fingerprint density at radius 1 is 1.00 bits per heavy atom. The molecule has 2 aliphatic rings. The molecule has 0 bridgehead atoms. The quantitative estimate of drug-likeness (QED) is 0.780. The molecule has 2 saturated carbocycles. The maximum Gasteiger partial charge on any atom is 0.0183 e. The average molecular weight is 251 g/mol. The van der Waals surface area contributed by atoms with Crippen molar-refractivity contribution in [1.29, 1.82) is 0 Å². The van der Waals surface area contributed by atoms with Crippen LogP contribution in [0.25, 0.3) is 0 Å². The van der Waals surface area contributed by atoms with Gasteiger partial charge >= 0.3 is 0 Å². The Balaban J connectivity index is 2.02. The number of hydrogen-bond donors (Lipinski definition) is 1. The second-order valence-electron chi connectivity index (χ2n) is 8.48. The number of nitrogens with one attached hydrogen (secondary N) is 1. The molecule has 0 aliphatic heterocycles. The molecule has 1 nitrogen and oxygen atoms in total. The van der Waals surface area contributed by atoms with Gasteiger partial charge in [0.2, 0.25) is 0 Å². The van der Waals surface area contributed by atoms with Crippen molar-refractivity contribution in [3.63, 3.8) is 0 Å². The highest BCUT2D eigenvalue weighted by Crippen LogP contribution is 2.63. The Bertz CT molecular complexity index is 289. The fourth-order valence-corrected chi connectivity index (χ4v) is 4.22. The van der Waals surface area contributed by atoms with Gasteiger partial charge < -0.3 is 5.32 Å². The van der Waals surface area contributed by atoms with Crippen LogP contribution in [0.5, 0.6) is 0 Å². The highest BCUT2D eigenvalue weighted by atomic mass is 15.1. The predicted molar refractivity (Wildman–Crippen MR) is 79.6 cm³/mol. The Hall–Kier alpha value is -0.0400. The first-order valence-corrected chi connectivity index (χ1v) is 7.94. The smallest absolute Gasteiger partial charge is 0.0183 e. The molecule has 2 fully saturated rings. The topological polar surface area (TPSA) is 12.0 Å². The molecule has 1 N–H and O–H groups in total. The zero-order chi connectivity index (χ0) is 13.7. The van der Waals surface area contributed by atoms with Gasteiger partial charge in [0, 0.05) is 12.1 Å². The minimum atomic E-state index is 0.467. The van der Waals surface area contributed by atoms with Crippen LogP contribution in [0.3, 0.4) is 0 Å². The van der Waals surface area contributed by atoms with Crippen LogP contribution < -0.4 is 5.32 Å². The van der Waals surface area contributed by atoms with Gasteiger partial charge in [-0.2, -0.15) is 0 Å². The number of hydrogen-bond acceptors (Lipinski definition) is 1. The fourth-order valence-electron chi connectivity index (χ4n) is 4.22. The summed E-state index contributed by atoms with van der Waals surface area (Å²) in [7, 11) is 0. The first-order chi connectivity index (χ1) is 8.18. The lowest BCUT2D eigenvalue weighted by Gasteiger charge is -2.38. The van der Waals surface area contributed by atoms with E-state index in [1.807, 2.05) is 0 Å². The molecule has 0 aromatic carbocycles. The van der Waals surface area contributed by atoms with E-state index in [-0.39, 0.29) is 0 Å². The molecule has 0 radical (unpaired) electrons. The second-order valence-corrected chi connectivity index (χ2v) is 8.48. The minimum Gasteiger partial charge on any atom is -0.310 e. The first-order valence-electron chi connectivity index (χ1n) is 7.94. The minimum absolute atomic E-state index is 0.467. The van der Waals surface area contributed by atoms with Crippen LogP contribution in [0.1, 0.15) is 67.7 Å². The normalized spacial score (nSPS) is 39.0. The number of rotatable bonds is 3. The summed E-state index contributed by atoms with van der Waals surface area (Å²) in [6, 6.07) is 1.46. The average Bonchev–Trinajstić information content (AvgIpc) is 2.60. The van der Waals surface area contributed by atoms with Crippen molar-refractivity contribution in [2.45, 2.75) is 79.8 Å². The monoisotopic (exact) mass is 251 g/mol. The van der Waals surface area contributed by atoms with Crippen molar-refractivity contribution in [1.82, 2.24) is 5.32 Å². The van der Waals surface area contributed by atoms with E-state index in [1.165, 1.54) is 19.3 Å². The Morgan fingerprint density at radius 3 is 2.00 bits per heavy atom. The largest absolute Gasteiger partial charge is 0.310 e. The zero-order valence-electron chi connectivity index (χ0n) is 13.5. The lowest BCUT2D eigenvalue weighted by Crippen LogP contribution is -2.45. The molecule has 0 heterocycles. The fraction of sp³-hybridized carbons (Fsp3) is 1.00. The van der Waals surface area contributed by atoms with Crippen molar-refractivity contribution in [2.24, 2.45) is 28.6 Å². The van der Waals surface area contributed by atoms with E-state index in [2.05, 4.69) is 53.8 Å². The van der Waals surface area contributed by atoms with E-state index in [0.29, 0.717) is 16.9 Å². The summed E-state index contributed by atoms with van der Waals surface area (Å²) in [6.07, 6.45) is 4.23. The van der Waals surface area contributed by atoms with E-state index >= 15 is 0 Å². The van der Waals surface area contributed by atoms with E-state index in [1.54, 1.807) is 0 Å². The molecule has 1 heteroatoms. The van der Waals surface area contributed by atoms with Gasteiger partial charge in [0.1, 0.15) is 0 Å². The molecule has 2 aliphatic carbocycles. The molecule has 0 spiro atoms. The van der Waals surface area contributed by atoms with Crippen LogP contribution in [0.2, 0.25) is 0 Å². The van der Waals surface area contributed by atoms with Crippen LogP contribution in [0, 0.1) is 28.6 Å². The Kier molecular flexibility index (Phi) is 3.60. The third-order valence-corrected chi connectivity index (χ3v) is 6.42. The summed E-state index contributed by atoms with van der Waals surface area (Å²) in [4.78, 5) is 0. The summed E-state index contributed by atoms with van der Waals surface area (Å²) >= 11 is 0. The lowest BCUT2D eigenvalue weighted by atomic mass is 9.74. The van der Waals surface area contributed by atoms with Crippen molar-refractivity contribution >= 4 is 0 Å². The summed E-state index contributed by atoms with van der Waals surface area (Å²) in [5.41, 5.74) is 0.935. The van der Waals surface area contributed by atoms with E-state index in [0.717, 1.165) is 23.8 Å². The van der Waals surface area contributed by atoms with E-state index in [9.17, 15) is 0 Å². The van der Waals surface area contributed by atoms with Gasteiger partial charge in [-0.25, -0.2) is 0 Å². The van der Waals surface area contributed by atoms with Crippen LogP contribution >= 0.6 is 0 Å². The summed E-state index contributed by atoms with van der Waals surface area (Å²) < 4.78 is 0. The maximum absolute atomic E-state index is 4.04.